The first kappa shape index (κ1) is 15.8. The number of anilines is 1. The maximum Gasteiger partial charge on any atom is 0.161 e. The van der Waals surface area contributed by atoms with Gasteiger partial charge in [0.2, 0.25) is 0 Å². The van der Waals surface area contributed by atoms with Crippen molar-refractivity contribution in [3.63, 3.8) is 0 Å². The second-order valence-electron chi connectivity index (χ2n) is 6.78. The van der Waals surface area contributed by atoms with Gasteiger partial charge in [0, 0.05) is 13.6 Å². The van der Waals surface area contributed by atoms with E-state index in [0.717, 1.165) is 57.6 Å². The van der Waals surface area contributed by atoms with Gasteiger partial charge in [0.15, 0.2) is 5.65 Å². The van der Waals surface area contributed by atoms with E-state index < -0.39 is 0 Å². The van der Waals surface area contributed by atoms with E-state index in [4.69, 9.17) is 20.7 Å². The van der Waals surface area contributed by atoms with Crippen molar-refractivity contribution in [3.05, 3.63) is 48.5 Å². The Morgan fingerprint density at radius 1 is 0.889 bits per heavy atom. The van der Waals surface area contributed by atoms with Crippen LogP contribution < -0.4 is 5.73 Å². The average molecular weight is 356 g/mol. The van der Waals surface area contributed by atoms with Gasteiger partial charge in [-0.1, -0.05) is 31.2 Å². The number of hydrogen-bond acceptors (Lipinski definition) is 4. The Kier molecular flexibility index (Phi) is 3.40. The lowest BCUT2D eigenvalue weighted by molar-refractivity contribution is 0.706. The molecule has 5 rings (SSSR count). The largest absolute Gasteiger partial charge is 0.384 e. The molecule has 0 radical (unpaired) electrons. The van der Waals surface area contributed by atoms with Crippen molar-refractivity contribution in [2.45, 2.75) is 19.9 Å². The van der Waals surface area contributed by atoms with Gasteiger partial charge in [0.1, 0.15) is 17.2 Å². The third-order valence-electron chi connectivity index (χ3n) is 5.05. The minimum atomic E-state index is 0.667. The van der Waals surface area contributed by atoms with Crippen LogP contribution in [0.1, 0.15) is 13.3 Å². The van der Waals surface area contributed by atoms with Crippen LogP contribution in [0, 0.1) is 0 Å². The van der Waals surface area contributed by atoms with Crippen molar-refractivity contribution in [3.8, 4) is 11.4 Å². The molecule has 0 unspecified atom stereocenters. The third-order valence-corrected chi connectivity index (χ3v) is 5.05. The summed E-state index contributed by atoms with van der Waals surface area (Å²) in [5.74, 6) is 1.48. The molecule has 134 valence electrons. The van der Waals surface area contributed by atoms with Crippen LogP contribution in [0.15, 0.2) is 48.5 Å². The molecular weight excluding hydrogens is 336 g/mol. The van der Waals surface area contributed by atoms with Crippen LogP contribution in [-0.2, 0) is 13.6 Å². The monoisotopic (exact) mass is 356 g/mol. The smallest absolute Gasteiger partial charge is 0.161 e. The molecule has 6 heteroatoms. The quantitative estimate of drug-likeness (QED) is 0.527. The number of aryl methyl sites for hydroxylation is 2. The molecule has 0 amide bonds. The number of para-hydroxylation sites is 4. The van der Waals surface area contributed by atoms with Crippen molar-refractivity contribution >= 4 is 39.0 Å². The first-order valence-electron chi connectivity index (χ1n) is 9.15. The molecule has 0 aliphatic heterocycles. The van der Waals surface area contributed by atoms with E-state index >= 15 is 0 Å². The van der Waals surface area contributed by atoms with Gasteiger partial charge >= 0.3 is 0 Å². The van der Waals surface area contributed by atoms with E-state index in [0.29, 0.717) is 5.82 Å². The van der Waals surface area contributed by atoms with Gasteiger partial charge in [0.25, 0.3) is 0 Å². The second-order valence-corrected chi connectivity index (χ2v) is 6.78. The van der Waals surface area contributed by atoms with Crippen molar-refractivity contribution in [2.75, 3.05) is 5.73 Å². The van der Waals surface area contributed by atoms with E-state index in [9.17, 15) is 0 Å². The Morgan fingerprint density at radius 3 is 2.26 bits per heavy atom. The van der Waals surface area contributed by atoms with Gasteiger partial charge in [0.05, 0.1) is 27.6 Å². The third kappa shape index (κ3) is 2.23. The number of nitrogens with zero attached hydrogens (tertiary/aromatic N) is 5. The van der Waals surface area contributed by atoms with E-state index in [1.54, 1.807) is 0 Å². The Balaban J connectivity index is 1.91. The Hall–Kier alpha value is -3.41. The maximum atomic E-state index is 6.62. The first-order valence-corrected chi connectivity index (χ1v) is 9.15. The first-order chi connectivity index (χ1) is 13.2. The summed E-state index contributed by atoms with van der Waals surface area (Å²) < 4.78 is 4.14. The number of nitrogens with two attached hydrogens (primary N) is 1. The topological polar surface area (TPSA) is 74.6 Å². The van der Waals surface area contributed by atoms with E-state index in [2.05, 4.69) is 22.1 Å². The molecule has 5 aromatic rings. The summed E-state index contributed by atoms with van der Waals surface area (Å²) in [6.07, 6.45) is 0.963. The molecule has 0 spiro atoms. The molecule has 0 aliphatic rings. The highest BCUT2D eigenvalue weighted by Crippen LogP contribution is 2.36. The van der Waals surface area contributed by atoms with Crippen molar-refractivity contribution in [1.29, 1.82) is 0 Å². The number of rotatable bonds is 3. The zero-order valence-corrected chi connectivity index (χ0v) is 15.3. The standard InChI is InChI=1S/C21H20N6/c1-3-12-27-19(22)17(20-25-15-10-6-7-11-16(15)26(20)2)18-21(27)24-14-9-5-4-8-13(14)23-18/h4-11H,3,12,22H2,1-2H3. The van der Waals surface area contributed by atoms with Gasteiger partial charge in [-0.15, -0.1) is 0 Å². The minimum Gasteiger partial charge on any atom is -0.384 e. The van der Waals surface area contributed by atoms with Crippen LogP contribution in [0.5, 0.6) is 0 Å². The summed E-state index contributed by atoms with van der Waals surface area (Å²) in [6.45, 7) is 2.92. The lowest BCUT2D eigenvalue weighted by atomic mass is 10.2. The van der Waals surface area contributed by atoms with E-state index in [1.165, 1.54) is 0 Å². The van der Waals surface area contributed by atoms with Gasteiger partial charge < -0.3 is 14.9 Å². The molecule has 27 heavy (non-hydrogen) atoms. The van der Waals surface area contributed by atoms with Crippen molar-refractivity contribution in [2.24, 2.45) is 7.05 Å². The Morgan fingerprint density at radius 2 is 1.56 bits per heavy atom. The number of nitrogen functional groups attached to an aromatic ring is 1. The van der Waals surface area contributed by atoms with Gasteiger partial charge in [-0.3, -0.25) is 0 Å². The predicted molar refractivity (Wildman–Crippen MR) is 109 cm³/mol. The zero-order chi connectivity index (χ0) is 18.5. The fourth-order valence-corrected chi connectivity index (χ4v) is 3.76. The summed E-state index contributed by atoms with van der Waals surface area (Å²) in [4.78, 5) is 14.6. The number of imidazole rings is 1. The van der Waals surface area contributed by atoms with Gasteiger partial charge in [-0.05, 0) is 30.7 Å². The van der Waals surface area contributed by atoms with Crippen LogP contribution in [0.2, 0.25) is 0 Å². The minimum absolute atomic E-state index is 0.667. The van der Waals surface area contributed by atoms with Crippen LogP contribution in [-0.4, -0.2) is 24.1 Å². The van der Waals surface area contributed by atoms with Gasteiger partial charge in [-0.2, -0.15) is 0 Å². The lowest BCUT2D eigenvalue weighted by Gasteiger charge is -2.06. The zero-order valence-electron chi connectivity index (χ0n) is 15.3. The molecule has 2 aromatic carbocycles. The van der Waals surface area contributed by atoms with Crippen LogP contribution in [0.4, 0.5) is 5.82 Å². The van der Waals surface area contributed by atoms with E-state index in [1.807, 2.05) is 49.5 Å². The summed E-state index contributed by atoms with van der Waals surface area (Å²) in [7, 11) is 2.02. The van der Waals surface area contributed by atoms with Crippen LogP contribution >= 0.6 is 0 Å². The fraction of sp³-hybridized carbons (Fsp3) is 0.190. The average Bonchev–Trinajstić information content (AvgIpc) is 3.15. The molecule has 0 aliphatic carbocycles. The Labute approximate surface area is 156 Å². The normalized spacial score (nSPS) is 11.8. The molecule has 0 atom stereocenters. The van der Waals surface area contributed by atoms with Crippen LogP contribution in [0.25, 0.3) is 44.6 Å². The molecule has 0 bridgehead atoms. The fourth-order valence-electron chi connectivity index (χ4n) is 3.76. The Bertz CT molecular complexity index is 1310. The van der Waals surface area contributed by atoms with Crippen LogP contribution in [0.3, 0.4) is 0 Å². The molecule has 6 nitrogen and oxygen atoms in total. The lowest BCUT2D eigenvalue weighted by Crippen LogP contribution is -2.04. The molecule has 3 heterocycles. The summed E-state index contributed by atoms with van der Waals surface area (Å²) in [6, 6.07) is 16.0. The number of aromatic nitrogens is 5. The molecule has 2 N–H and O–H groups in total. The highest BCUT2D eigenvalue weighted by molar-refractivity contribution is 6.01. The molecular formula is C21H20N6. The number of fused-ring (bicyclic) bond motifs is 3. The van der Waals surface area contributed by atoms with E-state index in [-0.39, 0.29) is 0 Å². The summed E-state index contributed by atoms with van der Waals surface area (Å²) in [5, 5.41) is 0. The molecule has 0 saturated heterocycles. The van der Waals surface area contributed by atoms with Gasteiger partial charge in [-0.25, -0.2) is 15.0 Å². The predicted octanol–water partition coefficient (Wildman–Crippen LogP) is 4.13. The number of hydrogen-bond donors (Lipinski definition) is 1. The summed E-state index contributed by atoms with van der Waals surface area (Å²) in [5.41, 5.74) is 12.8. The summed E-state index contributed by atoms with van der Waals surface area (Å²) >= 11 is 0. The highest BCUT2D eigenvalue weighted by atomic mass is 15.1. The SMILES string of the molecule is CCCn1c(N)c(-c2nc3ccccc3n2C)c2nc3ccccc3nc21. The second kappa shape index (κ2) is 5.81. The number of benzene rings is 2. The highest BCUT2D eigenvalue weighted by Gasteiger charge is 2.23. The maximum absolute atomic E-state index is 6.62. The van der Waals surface area contributed by atoms with Crippen molar-refractivity contribution in [1.82, 2.24) is 24.1 Å². The molecule has 0 saturated carbocycles. The van der Waals surface area contributed by atoms with Crippen molar-refractivity contribution < 1.29 is 0 Å². The molecule has 0 fully saturated rings. The molecule has 3 aromatic heterocycles.